The summed E-state index contributed by atoms with van der Waals surface area (Å²) in [4.78, 5) is 23.8. The van der Waals surface area contributed by atoms with Gasteiger partial charge in [-0.05, 0) is 28.8 Å². The van der Waals surface area contributed by atoms with Crippen molar-refractivity contribution in [2.24, 2.45) is 0 Å². The van der Waals surface area contributed by atoms with Crippen LogP contribution in [0.25, 0.3) is 0 Å². The number of imidazole rings is 1. The van der Waals surface area contributed by atoms with E-state index in [1.807, 2.05) is 41.7 Å². The summed E-state index contributed by atoms with van der Waals surface area (Å²) in [5.41, 5.74) is 4.06. The highest BCUT2D eigenvalue weighted by atomic mass is 16.3. The molecule has 144 valence electrons. The molecule has 1 unspecified atom stereocenters. The minimum atomic E-state index is -0.0244. The second-order valence-electron chi connectivity index (χ2n) is 7.22. The summed E-state index contributed by atoms with van der Waals surface area (Å²) in [6, 6.07) is 14.0. The minimum Gasteiger partial charge on any atom is -0.472 e. The Balaban J connectivity index is 1.51. The summed E-state index contributed by atoms with van der Waals surface area (Å²) < 4.78 is 7.25. The number of fused-ring (bicyclic) bond motifs is 1. The van der Waals surface area contributed by atoms with Crippen molar-refractivity contribution < 1.29 is 9.21 Å². The number of aromatic nitrogens is 3. The molecule has 5 rings (SSSR count). The lowest BCUT2D eigenvalue weighted by Gasteiger charge is -2.34. The Morgan fingerprint density at radius 3 is 2.90 bits per heavy atom. The van der Waals surface area contributed by atoms with Gasteiger partial charge >= 0.3 is 0 Å². The Bertz CT molecular complexity index is 1120. The SMILES string of the molecule is O=C(c1ccoc1)N1Cc2ccccc2C(c2nccn2Cc2cccnc2)C1. The van der Waals surface area contributed by atoms with E-state index in [9.17, 15) is 4.79 Å². The molecule has 0 N–H and O–H groups in total. The van der Waals surface area contributed by atoms with Gasteiger partial charge in [0.1, 0.15) is 12.1 Å². The lowest BCUT2D eigenvalue weighted by Crippen LogP contribution is -2.39. The van der Waals surface area contributed by atoms with Crippen molar-refractivity contribution in [2.45, 2.75) is 19.0 Å². The molecule has 0 saturated carbocycles. The zero-order chi connectivity index (χ0) is 19.6. The monoisotopic (exact) mass is 384 g/mol. The fourth-order valence-corrected chi connectivity index (χ4v) is 4.00. The highest BCUT2D eigenvalue weighted by Gasteiger charge is 2.32. The van der Waals surface area contributed by atoms with Gasteiger partial charge in [0.05, 0.1) is 24.3 Å². The van der Waals surface area contributed by atoms with Crippen molar-refractivity contribution in [3.8, 4) is 0 Å². The van der Waals surface area contributed by atoms with Crippen molar-refractivity contribution in [3.63, 3.8) is 0 Å². The topological polar surface area (TPSA) is 64.2 Å². The molecule has 1 atom stereocenters. The van der Waals surface area contributed by atoms with Crippen molar-refractivity contribution in [1.29, 1.82) is 0 Å². The number of nitrogens with zero attached hydrogens (tertiary/aromatic N) is 4. The number of amides is 1. The second kappa shape index (κ2) is 7.39. The number of pyridine rings is 1. The third-order valence-corrected chi connectivity index (χ3v) is 5.39. The Labute approximate surface area is 168 Å². The van der Waals surface area contributed by atoms with Crippen LogP contribution >= 0.6 is 0 Å². The van der Waals surface area contributed by atoms with E-state index in [0.717, 1.165) is 17.0 Å². The number of hydrogen-bond acceptors (Lipinski definition) is 4. The maximum absolute atomic E-state index is 13.0. The first kappa shape index (κ1) is 17.4. The van der Waals surface area contributed by atoms with Crippen molar-refractivity contribution in [1.82, 2.24) is 19.4 Å². The van der Waals surface area contributed by atoms with Crippen LogP contribution in [0.15, 0.2) is 84.2 Å². The maximum atomic E-state index is 13.0. The molecular formula is C23H20N4O2. The lowest BCUT2D eigenvalue weighted by molar-refractivity contribution is 0.0722. The molecule has 1 aromatic carbocycles. The number of benzene rings is 1. The first-order valence-electron chi connectivity index (χ1n) is 9.59. The molecule has 6 heteroatoms. The van der Waals surface area contributed by atoms with Crippen LogP contribution in [0.3, 0.4) is 0 Å². The molecule has 0 radical (unpaired) electrons. The largest absolute Gasteiger partial charge is 0.472 e. The van der Waals surface area contributed by atoms with Crippen LogP contribution in [-0.2, 0) is 13.1 Å². The molecule has 0 aliphatic carbocycles. The molecule has 1 amide bonds. The standard InChI is InChI=1S/C23H20N4O2/c28-23(19-7-11-29-16-19)27-14-18-5-1-2-6-20(18)21(15-27)22-25-9-10-26(22)13-17-4-3-8-24-12-17/h1-12,16,21H,13-15H2. The van der Waals surface area contributed by atoms with Gasteiger partial charge < -0.3 is 13.9 Å². The number of furan rings is 1. The first-order chi connectivity index (χ1) is 14.3. The van der Waals surface area contributed by atoms with Crippen LogP contribution in [0, 0.1) is 0 Å². The van der Waals surface area contributed by atoms with Crippen LogP contribution in [0.4, 0.5) is 0 Å². The number of hydrogen-bond donors (Lipinski definition) is 0. The molecule has 0 spiro atoms. The van der Waals surface area contributed by atoms with Gasteiger partial charge in [0.15, 0.2) is 0 Å². The number of carbonyl (C=O) groups is 1. The Kier molecular flexibility index (Phi) is 4.44. The molecule has 4 aromatic rings. The van der Waals surface area contributed by atoms with Crippen LogP contribution in [0.5, 0.6) is 0 Å². The van der Waals surface area contributed by atoms with Crippen LogP contribution in [0.2, 0.25) is 0 Å². The van der Waals surface area contributed by atoms with E-state index in [1.54, 1.807) is 12.3 Å². The van der Waals surface area contributed by atoms with E-state index in [1.165, 1.54) is 18.1 Å². The molecule has 29 heavy (non-hydrogen) atoms. The predicted molar refractivity (Wildman–Crippen MR) is 107 cm³/mol. The van der Waals surface area contributed by atoms with Gasteiger partial charge in [-0.25, -0.2) is 4.98 Å². The smallest absolute Gasteiger partial charge is 0.257 e. The molecule has 4 heterocycles. The van der Waals surface area contributed by atoms with Crippen molar-refractivity contribution in [3.05, 3.63) is 108 Å². The minimum absolute atomic E-state index is 0.00229. The van der Waals surface area contributed by atoms with Gasteiger partial charge in [0, 0.05) is 37.9 Å². The Hall–Kier alpha value is -3.67. The van der Waals surface area contributed by atoms with E-state index in [4.69, 9.17) is 4.42 Å². The number of carbonyl (C=O) groups excluding carboxylic acids is 1. The van der Waals surface area contributed by atoms with Crippen molar-refractivity contribution >= 4 is 5.91 Å². The molecule has 0 bridgehead atoms. The zero-order valence-electron chi connectivity index (χ0n) is 15.8. The average molecular weight is 384 g/mol. The van der Waals surface area contributed by atoms with Gasteiger partial charge in [-0.1, -0.05) is 30.3 Å². The zero-order valence-corrected chi connectivity index (χ0v) is 15.8. The Morgan fingerprint density at radius 2 is 2.07 bits per heavy atom. The van der Waals surface area contributed by atoms with E-state index in [0.29, 0.717) is 25.2 Å². The normalized spacial score (nSPS) is 15.9. The lowest BCUT2D eigenvalue weighted by atomic mass is 9.88. The molecule has 6 nitrogen and oxygen atoms in total. The van der Waals surface area contributed by atoms with Crippen LogP contribution in [0.1, 0.15) is 38.8 Å². The third-order valence-electron chi connectivity index (χ3n) is 5.39. The van der Waals surface area contributed by atoms with Gasteiger partial charge in [-0.2, -0.15) is 0 Å². The average Bonchev–Trinajstić information content (AvgIpc) is 3.45. The predicted octanol–water partition coefficient (Wildman–Crippen LogP) is 3.71. The van der Waals surface area contributed by atoms with Crippen molar-refractivity contribution in [2.75, 3.05) is 6.54 Å². The summed E-state index contributed by atoms with van der Waals surface area (Å²) in [6.45, 7) is 1.85. The molecule has 0 saturated heterocycles. The van der Waals surface area contributed by atoms with E-state index in [-0.39, 0.29) is 11.8 Å². The number of rotatable bonds is 4. The summed E-state index contributed by atoms with van der Waals surface area (Å²) in [6.07, 6.45) is 10.5. The van der Waals surface area contributed by atoms with Gasteiger partial charge in [0.25, 0.3) is 5.91 Å². The summed E-state index contributed by atoms with van der Waals surface area (Å²) >= 11 is 0. The van der Waals surface area contributed by atoms with Gasteiger partial charge in [0.2, 0.25) is 0 Å². The molecule has 1 aliphatic heterocycles. The summed E-state index contributed by atoms with van der Waals surface area (Å²) in [5.74, 6) is 0.928. The second-order valence-corrected chi connectivity index (χ2v) is 7.22. The van der Waals surface area contributed by atoms with E-state index < -0.39 is 0 Å². The maximum Gasteiger partial charge on any atom is 0.257 e. The van der Waals surface area contributed by atoms with Crippen LogP contribution < -0.4 is 0 Å². The third kappa shape index (κ3) is 3.33. The molecule has 0 fully saturated rings. The highest BCUT2D eigenvalue weighted by Crippen LogP contribution is 2.33. The van der Waals surface area contributed by atoms with E-state index in [2.05, 4.69) is 32.7 Å². The van der Waals surface area contributed by atoms with Crippen LogP contribution in [-0.4, -0.2) is 31.9 Å². The summed E-state index contributed by atoms with van der Waals surface area (Å²) in [5, 5.41) is 0. The van der Waals surface area contributed by atoms with E-state index >= 15 is 0 Å². The van der Waals surface area contributed by atoms with Gasteiger partial charge in [-0.3, -0.25) is 9.78 Å². The molecule has 1 aliphatic rings. The highest BCUT2D eigenvalue weighted by molar-refractivity contribution is 5.94. The fourth-order valence-electron chi connectivity index (χ4n) is 4.00. The molecule has 3 aromatic heterocycles. The first-order valence-corrected chi connectivity index (χ1v) is 9.59. The van der Waals surface area contributed by atoms with Gasteiger partial charge in [-0.15, -0.1) is 0 Å². The quantitative estimate of drug-likeness (QED) is 0.538. The molecular weight excluding hydrogens is 364 g/mol. The fraction of sp³-hybridized carbons (Fsp3) is 0.174. The Morgan fingerprint density at radius 1 is 1.14 bits per heavy atom. The summed E-state index contributed by atoms with van der Waals surface area (Å²) in [7, 11) is 0.